The molecule has 0 aliphatic rings. The molecule has 1 aromatic carbocycles. The van der Waals surface area contributed by atoms with E-state index in [1.54, 1.807) is 6.20 Å². The van der Waals surface area contributed by atoms with Crippen molar-refractivity contribution in [1.29, 1.82) is 0 Å². The fourth-order valence-electron chi connectivity index (χ4n) is 1.98. The van der Waals surface area contributed by atoms with Gasteiger partial charge in [0.15, 0.2) is 0 Å². The van der Waals surface area contributed by atoms with E-state index in [0.717, 1.165) is 22.0 Å². The molecule has 0 radical (unpaired) electrons. The van der Waals surface area contributed by atoms with Gasteiger partial charge in [0.05, 0.1) is 11.1 Å². The number of hydrogen-bond donors (Lipinski definition) is 0. The van der Waals surface area contributed by atoms with Gasteiger partial charge in [0, 0.05) is 24.1 Å². The van der Waals surface area contributed by atoms with Crippen LogP contribution in [0, 0.1) is 0 Å². The molecular weight excluding hydrogens is 315 g/mol. The van der Waals surface area contributed by atoms with Gasteiger partial charge in [-0.05, 0) is 36.2 Å². The van der Waals surface area contributed by atoms with Crippen LogP contribution in [-0.4, -0.2) is 12.0 Å². The van der Waals surface area contributed by atoms with Crippen LogP contribution in [0.4, 0.5) is 5.82 Å². The van der Waals surface area contributed by atoms with Crippen molar-refractivity contribution in [2.24, 2.45) is 0 Å². The molecule has 2 aromatic rings. The van der Waals surface area contributed by atoms with E-state index < -0.39 is 0 Å². The summed E-state index contributed by atoms with van der Waals surface area (Å²) in [5, 5.41) is 1.32. The summed E-state index contributed by atoms with van der Waals surface area (Å²) in [5.74, 6) is 1.13. The molecule has 0 saturated carbocycles. The number of benzene rings is 1. The molecule has 2 rings (SSSR count). The summed E-state index contributed by atoms with van der Waals surface area (Å²) >= 11 is 18.1. The molecule has 2 nitrogen and oxygen atoms in total. The van der Waals surface area contributed by atoms with E-state index in [-0.39, 0.29) is 6.04 Å². The smallest absolute Gasteiger partial charge is 0.147 e. The topological polar surface area (TPSA) is 16.1 Å². The monoisotopic (exact) mass is 328 g/mol. The second-order valence-electron chi connectivity index (χ2n) is 4.62. The van der Waals surface area contributed by atoms with Gasteiger partial charge in [-0.3, -0.25) is 0 Å². The summed E-state index contributed by atoms with van der Waals surface area (Å²) in [6.07, 6.45) is 1.75. The quantitative estimate of drug-likeness (QED) is 0.705. The lowest BCUT2D eigenvalue weighted by Gasteiger charge is -2.27. The third-order valence-electron chi connectivity index (χ3n) is 3.28. The second kappa shape index (κ2) is 6.66. The Kier molecular flexibility index (Phi) is 5.14. The van der Waals surface area contributed by atoms with Gasteiger partial charge in [-0.25, -0.2) is 4.98 Å². The summed E-state index contributed by atoms with van der Waals surface area (Å²) in [4.78, 5) is 6.41. The van der Waals surface area contributed by atoms with Crippen LogP contribution in [0.5, 0.6) is 0 Å². The van der Waals surface area contributed by atoms with Crippen molar-refractivity contribution < 1.29 is 0 Å². The highest BCUT2D eigenvalue weighted by atomic mass is 35.5. The van der Waals surface area contributed by atoms with E-state index in [4.69, 9.17) is 34.8 Å². The molecule has 0 fully saturated rings. The molecule has 5 heteroatoms. The first-order valence-electron chi connectivity index (χ1n) is 6.21. The number of anilines is 1. The van der Waals surface area contributed by atoms with E-state index in [1.165, 1.54) is 0 Å². The van der Waals surface area contributed by atoms with E-state index in [0.29, 0.717) is 10.9 Å². The average Bonchev–Trinajstić information content (AvgIpc) is 2.45. The molecule has 20 heavy (non-hydrogen) atoms. The Hall–Kier alpha value is -0.960. The van der Waals surface area contributed by atoms with E-state index in [9.17, 15) is 0 Å². The van der Waals surface area contributed by atoms with Crippen molar-refractivity contribution in [3.8, 4) is 0 Å². The van der Waals surface area contributed by atoms with Gasteiger partial charge < -0.3 is 4.90 Å². The predicted octanol–water partition coefficient (Wildman–Crippen LogP) is 5.32. The van der Waals surface area contributed by atoms with Gasteiger partial charge >= 0.3 is 0 Å². The Morgan fingerprint density at radius 1 is 1.25 bits per heavy atom. The second-order valence-corrected chi connectivity index (χ2v) is 5.74. The third kappa shape index (κ3) is 3.38. The number of alkyl halides is 1. The van der Waals surface area contributed by atoms with Gasteiger partial charge in [-0.2, -0.15) is 0 Å². The fourth-order valence-corrected chi connectivity index (χ4v) is 2.64. The van der Waals surface area contributed by atoms with Crippen LogP contribution in [0.1, 0.15) is 24.1 Å². The van der Waals surface area contributed by atoms with Crippen LogP contribution >= 0.6 is 34.8 Å². The van der Waals surface area contributed by atoms with Crippen LogP contribution in [0.2, 0.25) is 10.0 Å². The van der Waals surface area contributed by atoms with Crippen LogP contribution < -0.4 is 4.90 Å². The van der Waals surface area contributed by atoms with Gasteiger partial charge in [0.2, 0.25) is 0 Å². The lowest BCUT2D eigenvalue weighted by Crippen LogP contribution is -2.23. The van der Waals surface area contributed by atoms with Crippen molar-refractivity contribution in [2.45, 2.75) is 18.8 Å². The Morgan fingerprint density at radius 2 is 2.00 bits per heavy atom. The molecule has 0 spiro atoms. The van der Waals surface area contributed by atoms with Crippen LogP contribution in [0.25, 0.3) is 0 Å². The molecule has 1 heterocycles. The number of nitrogens with zero attached hydrogens (tertiary/aromatic N) is 2. The minimum absolute atomic E-state index is 0.112. The summed E-state index contributed by atoms with van der Waals surface area (Å²) in [6.45, 7) is 2.08. The van der Waals surface area contributed by atoms with Gasteiger partial charge in [-0.1, -0.05) is 35.3 Å². The number of pyridine rings is 1. The molecule has 0 N–H and O–H groups in total. The maximum Gasteiger partial charge on any atom is 0.147 e. The Labute approximate surface area is 134 Å². The van der Waals surface area contributed by atoms with Crippen LogP contribution in [-0.2, 0) is 5.88 Å². The minimum atomic E-state index is 0.112. The van der Waals surface area contributed by atoms with Gasteiger partial charge in [0.1, 0.15) is 5.82 Å². The SMILES string of the molecule is CC(c1cccc(Cl)c1)N(C)c1ncc(CCl)cc1Cl. The van der Waals surface area contributed by atoms with E-state index >= 15 is 0 Å². The molecule has 0 aliphatic carbocycles. The van der Waals surface area contributed by atoms with E-state index in [2.05, 4.69) is 11.9 Å². The van der Waals surface area contributed by atoms with Crippen molar-refractivity contribution in [3.05, 3.63) is 57.7 Å². The van der Waals surface area contributed by atoms with Crippen molar-refractivity contribution in [1.82, 2.24) is 4.98 Å². The molecule has 0 amide bonds. The molecular formula is C15H15Cl3N2. The first kappa shape index (κ1) is 15.4. The van der Waals surface area contributed by atoms with Crippen LogP contribution in [0.3, 0.4) is 0 Å². The first-order chi connectivity index (χ1) is 9.52. The number of hydrogen-bond acceptors (Lipinski definition) is 2. The number of aromatic nitrogens is 1. The molecule has 1 atom stereocenters. The Morgan fingerprint density at radius 3 is 2.60 bits per heavy atom. The normalized spacial score (nSPS) is 12.2. The standard InChI is InChI=1S/C15H15Cl3N2/c1-10(12-4-3-5-13(17)7-12)20(2)15-14(18)6-11(8-16)9-19-15/h3-7,9-10H,8H2,1-2H3. The third-order valence-corrected chi connectivity index (χ3v) is 4.10. The Bertz CT molecular complexity index is 601. The maximum atomic E-state index is 6.28. The highest BCUT2D eigenvalue weighted by Gasteiger charge is 2.16. The lowest BCUT2D eigenvalue weighted by molar-refractivity contribution is 0.728. The number of halogens is 3. The molecule has 1 aromatic heterocycles. The average molecular weight is 330 g/mol. The highest BCUT2D eigenvalue weighted by Crippen LogP contribution is 2.30. The zero-order chi connectivity index (χ0) is 14.7. The fraction of sp³-hybridized carbons (Fsp3) is 0.267. The molecule has 106 valence electrons. The first-order valence-corrected chi connectivity index (χ1v) is 7.50. The summed E-state index contributed by atoms with van der Waals surface area (Å²) in [7, 11) is 1.96. The largest absolute Gasteiger partial charge is 0.352 e. The van der Waals surface area contributed by atoms with Gasteiger partial charge in [-0.15, -0.1) is 11.6 Å². The maximum absolute atomic E-state index is 6.28. The zero-order valence-corrected chi connectivity index (χ0v) is 13.5. The summed E-state index contributed by atoms with van der Waals surface area (Å²) in [6, 6.07) is 9.74. The van der Waals surface area contributed by atoms with Crippen LogP contribution in [0.15, 0.2) is 36.5 Å². The van der Waals surface area contributed by atoms with Gasteiger partial charge in [0.25, 0.3) is 0 Å². The minimum Gasteiger partial charge on any atom is -0.352 e. The molecule has 0 bridgehead atoms. The van der Waals surface area contributed by atoms with Crippen molar-refractivity contribution >= 4 is 40.6 Å². The van der Waals surface area contributed by atoms with Crippen molar-refractivity contribution in [3.63, 3.8) is 0 Å². The number of rotatable bonds is 4. The Balaban J connectivity index is 2.28. The summed E-state index contributed by atoms with van der Waals surface area (Å²) in [5.41, 5.74) is 2.02. The molecule has 0 saturated heterocycles. The zero-order valence-electron chi connectivity index (χ0n) is 11.3. The highest BCUT2D eigenvalue weighted by molar-refractivity contribution is 6.33. The summed E-state index contributed by atoms with van der Waals surface area (Å²) < 4.78 is 0. The van der Waals surface area contributed by atoms with Crippen molar-refractivity contribution in [2.75, 3.05) is 11.9 Å². The molecule has 1 unspecified atom stereocenters. The predicted molar refractivity (Wildman–Crippen MR) is 87.1 cm³/mol. The molecule has 0 aliphatic heterocycles. The van der Waals surface area contributed by atoms with E-state index in [1.807, 2.05) is 42.3 Å². The lowest BCUT2D eigenvalue weighted by atomic mass is 10.1.